The summed E-state index contributed by atoms with van der Waals surface area (Å²) in [6.45, 7) is 4.00. The summed E-state index contributed by atoms with van der Waals surface area (Å²) >= 11 is 0. The molecule has 15 heavy (non-hydrogen) atoms. The fourth-order valence-corrected chi connectivity index (χ4v) is 1.35. The van der Waals surface area contributed by atoms with Crippen molar-refractivity contribution in [2.75, 3.05) is 7.05 Å². The smallest absolute Gasteiger partial charge is 0.0858 e. The molecule has 0 unspecified atom stereocenters. The molecular weight excluding hydrogens is 184 g/mol. The van der Waals surface area contributed by atoms with Crippen molar-refractivity contribution in [2.45, 2.75) is 13.8 Å². The Labute approximate surface area is 90.7 Å². The SMILES string of the molecule is CC.CN=Nc1ccc2ccccc2c1. The molecule has 0 N–H and O–H groups in total. The fourth-order valence-electron chi connectivity index (χ4n) is 1.35. The Hall–Kier alpha value is -1.70. The van der Waals surface area contributed by atoms with Crippen LogP contribution in [0.5, 0.6) is 0 Å². The van der Waals surface area contributed by atoms with Gasteiger partial charge in [-0.25, -0.2) is 0 Å². The highest BCUT2D eigenvalue weighted by Crippen LogP contribution is 2.20. The second-order valence-electron chi connectivity index (χ2n) is 2.83. The summed E-state index contributed by atoms with van der Waals surface area (Å²) in [5.41, 5.74) is 0.904. The Morgan fingerprint density at radius 2 is 1.53 bits per heavy atom. The summed E-state index contributed by atoms with van der Waals surface area (Å²) in [5, 5.41) is 10.2. The van der Waals surface area contributed by atoms with Gasteiger partial charge in [0, 0.05) is 7.05 Å². The van der Waals surface area contributed by atoms with Crippen molar-refractivity contribution in [3.63, 3.8) is 0 Å². The van der Waals surface area contributed by atoms with E-state index in [1.54, 1.807) is 7.05 Å². The number of fused-ring (bicyclic) bond motifs is 1. The highest BCUT2D eigenvalue weighted by Gasteiger charge is 1.92. The lowest BCUT2D eigenvalue weighted by Gasteiger charge is -1.97. The maximum Gasteiger partial charge on any atom is 0.0858 e. The first-order chi connectivity index (χ1) is 7.40. The van der Waals surface area contributed by atoms with Gasteiger partial charge in [0.25, 0.3) is 0 Å². The van der Waals surface area contributed by atoms with E-state index < -0.39 is 0 Å². The van der Waals surface area contributed by atoms with Crippen LogP contribution in [0, 0.1) is 0 Å². The van der Waals surface area contributed by atoms with Crippen LogP contribution in [-0.4, -0.2) is 7.05 Å². The van der Waals surface area contributed by atoms with E-state index in [4.69, 9.17) is 0 Å². The van der Waals surface area contributed by atoms with Gasteiger partial charge in [-0.15, -0.1) is 0 Å². The molecule has 0 heterocycles. The molecule has 2 nitrogen and oxygen atoms in total. The molecule has 78 valence electrons. The first-order valence-electron chi connectivity index (χ1n) is 5.19. The molecule has 0 atom stereocenters. The van der Waals surface area contributed by atoms with E-state index in [0.29, 0.717) is 0 Å². The standard InChI is InChI=1S/C11H10N2.C2H6/c1-12-13-11-7-6-9-4-2-3-5-10(9)8-11;1-2/h2-8H,1H3;1-2H3. The van der Waals surface area contributed by atoms with E-state index in [1.165, 1.54) is 10.8 Å². The van der Waals surface area contributed by atoms with Crippen molar-refractivity contribution in [1.29, 1.82) is 0 Å². The fraction of sp³-hybridized carbons (Fsp3) is 0.231. The van der Waals surface area contributed by atoms with Gasteiger partial charge in [0.05, 0.1) is 5.69 Å². The zero-order chi connectivity index (χ0) is 11.1. The lowest BCUT2D eigenvalue weighted by atomic mass is 10.1. The van der Waals surface area contributed by atoms with Crippen LogP contribution >= 0.6 is 0 Å². The van der Waals surface area contributed by atoms with E-state index in [9.17, 15) is 0 Å². The molecule has 0 aliphatic carbocycles. The van der Waals surface area contributed by atoms with Crippen molar-refractivity contribution in [3.8, 4) is 0 Å². The molecule has 0 aliphatic heterocycles. The van der Waals surface area contributed by atoms with Crippen molar-refractivity contribution >= 4 is 16.5 Å². The summed E-state index contributed by atoms with van der Waals surface area (Å²) < 4.78 is 0. The second-order valence-corrected chi connectivity index (χ2v) is 2.83. The summed E-state index contributed by atoms with van der Waals surface area (Å²) in [5.74, 6) is 0. The van der Waals surface area contributed by atoms with Gasteiger partial charge in [-0.3, -0.25) is 0 Å². The van der Waals surface area contributed by atoms with Gasteiger partial charge in [0.1, 0.15) is 0 Å². The predicted molar refractivity (Wildman–Crippen MR) is 65.7 cm³/mol. The van der Waals surface area contributed by atoms with Crippen molar-refractivity contribution in [2.24, 2.45) is 10.2 Å². The molecule has 0 radical (unpaired) electrons. The molecule has 0 aliphatic rings. The van der Waals surface area contributed by atoms with Crippen LogP contribution in [0.1, 0.15) is 13.8 Å². The van der Waals surface area contributed by atoms with Crippen molar-refractivity contribution in [1.82, 2.24) is 0 Å². The minimum Gasteiger partial charge on any atom is -0.192 e. The molecular formula is C13H16N2. The Morgan fingerprint density at radius 1 is 0.867 bits per heavy atom. The summed E-state index contributed by atoms with van der Waals surface area (Å²) in [6.07, 6.45) is 0. The molecule has 0 saturated carbocycles. The molecule has 0 amide bonds. The topological polar surface area (TPSA) is 24.7 Å². The van der Waals surface area contributed by atoms with Gasteiger partial charge >= 0.3 is 0 Å². The number of hydrogen-bond donors (Lipinski definition) is 0. The van der Waals surface area contributed by atoms with Crippen LogP contribution in [0.3, 0.4) is 0 Å². The minimum atomic E-state index is 0.904. The first kappa shape index (κ1) is 11.4. The highest BCUT2D eigenvalue weighted by atomic mass is 15.1. The van der Waals surface area contributed by atoms with Gasteiger partial charge < -0.3 is 0 Å². The minimum absolute atomic E-state index is 0.904. The molecule has 0 saturated heterocycles. The lowest BCUT2D eigenvalue weighted by Crippen LogP contribution is -1.70. The monoisotopic (exact) mass is 200 g/mol. The largest absolute Gasteiger partial charge is 0.192 e. The zero-order valence-corrected chi connectivity index (χ0v) is 9.44. The Bertz CT molecular complexity index is 447. The van der Waals surface area contributed by atoms with Gasteiger partial charge in [0.15, 0.2) is 0 Å². The van der Waals surface area contributed by atoms with E-state index in [2.05, 4.69) is 28.4 Å². The van der Waals surface area contributed by atoms with Crippen molar-refractivity contribution < 1.29 is 0 Å². The lowest BCUT2D eigenvalue weighted by molar-refractivity contribution is 1.17. The number of nitrogens with zero attached hydrogens (tertiary/aromatic N) is 2. The molecule has 2 aromatic carbocycles. The van der Waals surface area contributed by atoms with E-state index in [0.717, 1.165) is 5.69 Å². The average Bonchev–Trinajstić information content (AvgIpc) is 2.32. The molecule has 0 bridgehead atoms. The molecule has 0 fully saturated rings. The molecule has 2 rings (SSSR count). The third-order valence-electron chi connectivity index (χ3n) is 1.95. The van der Waals surface area contributed by atoms with Gasteiger partial charge in [-0.2, -0.15) is 10.2 Å². The quantitative estimate of drug-likeness (QED) is 0.602. The van der Waals surface area contributed by atoms with E-state index in [1.807, 2.05) is 38.1 Å². The van der Waals surface area contributed by atoms with Gasteiger partial charge in [-0.05, 0) is 22.9 Å². The molecule has 2 aromatic rings. The molecule has 0 spiro atoms. The third kappa shape index (κ3) is 2.88. The maximum atomic E-state index is 3.98. The number of rotatable bonds is 1. The second kappa shape index (κ2) is 5.91. The zero-order valence-electron chi connectivity index (χ0n) is 9.44. The Morgan fingerprint density at radius 3 is 2.20 bits per heavy atom. The van der Waals surface area contributed by atoms with Crippen LogP contribution in [0.25, 0.3) is 10.8 Å². The van der Waals surface area contributed by atoms with Crippen LogP contribution in [0.15, 0.2) is 52.7 Å². The normalized spacial score (nSPS) is 10.1. The number of hydrogen-bond acceptors (Lipinski definition) is 2. The molecule has 0 aromatic heterocycles. The van der Waals surface area contributed by atoms with Crippen LogP contribution in [0.4, 0.5) is 5.69 Å². The highest BCUT2D eigenvalue weighted by molar-refractivity contribution is 5.84. The Balaban J connectivity index is 0.000000531. The van der Waals surface area contributed by atoms with Crippen LogP contribution in [0.2, 0.25) is 0 Å². The number of benzene rings is 2. The summed E-state index contributed by atoms with van der Waals surface area (Å²) in [6, 6.07) is 14.3. The predicted octanol–water partition coefficient (Wildman–Crippen LogP) is 4.58. The van der Waals surface area contributed by atoms with Gasteiger partial charge in [-0.1, -0.05) is 44.2 Å². The maximum absolute atomic E-state index is 3.98. The Kier molecular flexibility index (Phi) is 4.48. The van der Waals surface area contributed by atoms with Crippen molar-refractivity contribution in [3.05, 3.63) is 42.5 Å². The number of azo groups is 1. The molecule has 2 heteroatoms. The third-order valence-corrected chi connectivity index (χ3v) is 1.95. The first-order valence-corrected chi connectivity index (χ1v) is 5.19. The summed E-state index contributed by atoms with van der Waals surface area (Å²) in [7, 11) is 1.68. The van der Waals surface area contributed by atoms with Gasteiger partial charge in [0.2, 0.25) is 0 Å². The van der Waals surface area contributed by atoms with E-state index >= 15 is 0 Å². The van der Waals surface area contributed by atoms with Crippen LogP contribution < -0.4 is 0 Å². The van der Waals surface area contributed by atoms with E-state index in [-0.39, 0.29) is 0 Å². The summed E-state index contributed by atoms with van der Waals surface area (Å²) in [4.78, 5) is 0. The average molecular weight is 200 g/mol. The van der Waals surface area contributed by atoms with Crippen LogP contribution in [-0.2, 0) is 0 Å².